The molecule has 1 N–H and O–H groups in total. The standard InChI is InChI=1S/C8H4F3N3O2/c9-8(10,11)7-5(2-12-14-7)6-4(3-15)1-13-16-6/h1-3H,(H,12,14). The third-order valence-electron chi connectivity index (χ3n) is 1.89. The molecule has 5 nitrogen and oxygen atoms in total. The molecule has 0 saturated carbocycles. The molecule has 16 heavy (non-hydrogen) atoms. The number of hydrogen-bond acceptors (Lipinski definition) is 4. The molecule has 2 heterocycles. The van der Waals surface area contributed by atoms with Crippen LogP contribution >= 0.6 is 0 Å². The van der Waals surface area contributed by atoms with Crippen LogP contribution in [0, 0.1) is 0 Å². The minimum Gasteiger partial charge on any atom is -0.355 e. The van der Waals surface area contributed by atoms with Gasteiger partial charge in [-0.15, -0.1) is 0 Å². The highest BCUT2D eigenvalue weighted by atomic mass is 19.4. The van der Waals surface area contributed by atoms with Crippen LogP contribution in [0.3, 0.4) is 0 Å². The van der Waals surface area contributed by atoms with Gasteiger partial charge in [0.2, 0.25) is 0 Å². The molecular weight excluding hydrogens is 227 g/mol. The van der Waals surface area contributed by atoms with Crippen molar-refractivity contribution in [3.63, 3.8) is 0 Å². The lowest BCUT2D eigenvalue weighted by molar-refractivity contribution is -0.140. The number of aromatic nitrogens is 3. The van der Waals surface area contributed by atoms with E-state index in [9.17, 15) is 18.0 Å². The summed E-state index contributed by atoms with van der Waals surface area (Å²) in [5.41, 5.74) is -1.48. The second-order valence-electron chi connectivity index (χ2n) is 2.88. The highest BCUT2D eigenvalue weighted by Crippen LogP contribution is 2.36. The van der Waals surface area contributed by atoms with E-state index < -0.39 is 11.9 Å². The Labute approximate surface area is 86.2 Å². The quantitative estimate of drug-likeness (QED) is 0.801. The Hall–Kier alpha value is -2.12. The first kappa shape index (κ1) is 10.4. The topological polar surface area (TPSA) is 71.8 Å². The second kappa shape index (κ2) is 3.47. The van der Waals surface area contributed by atoms with E-state index in [0.717, 1.165) is 12.4 Å². The normalized spacial score (nSPS) is 11.7. The van der Waals surface area contributed by atoms with Crippen LogP contribution < -0.4 is 0 Å². The Kier molecular flexibility index (Phi) is 2.26. The first-order valence-electron chi connectivity index (χ1n) is 4.05. The minimum absolute atomic E-state index is 0.0631. The maximum Gasteiger partial charge on any atom is 0.433 e. The van der Waals surface area contributed by atoms with Gasteiger partial charge >= 0.3 is 6.18 Å². The highest BCUT2D eigenvalue weighted by molar-refractivity contribution is 5.84. The average Bonchev–Trinajstić information content (AvgIpc) is 2.84. The summed E-state index contributed by atoms with van der Waals surface area (Å²) in [4.78, 5) is 10.5. The maximum absolute atomic E-state index is 12.5. The summed E-state index contributed by atoms with van der Waals surface area (Å²) in [5.74, 6) is -0.254. The van der Waals surface area contributed by atoms with Gasteiger partial charge in [0.05, 0.1) is 23.5 Å². The summed E-state index contributed by atoms with van der Waals surface area (Å²) in [5, 5.41) is 8.33. The number of rotatable bonds is 2. The number of aromatic amines is 1. The van der Waals surface area contributed by atoms with Gasteiger partial charge in [0.1, 0.15) is 0 Å². The summed E-state index contributed by atoms with van der Waals surface area (Å²) >= 11 is 0. The van der Waals surface area contributed by atoms with Crippen molar-refractivity contribution in [1.82, 2.24) is 15.4 Å². The number of carbonyl (C=O) groups excluding carboxylic acids is 1. The monoisotopic (exact) mass is 231 g/mol. The van der Waals surface area contributed by atoms with Crippen LogP contribution in [-0.2, 0) is 6.18 Å². The van der Waals surface area contributed by atoms with Crippen LogP contribution in [0.15, 0.2) is 16.9 Å². The molecule has 0 aliphatic rings. The van der Waals surface area contributed by atoms with Gasteiger partial charge < -0.3 is 4.52 Å². The van der Waals surface area contributed by atoms with Gasteiger partial charge in [0, 0.05) is 0 Å². The van der Waals surface area contributed by atoms with E-state index in [4.69, 9.17) is 0 Å². The number of nitrogens with zero attached hydrogens (tertiary/aromatic N) is 2. The number of nitrogens with one attached hydrogen (secondary N) is 1. The number of carbonyl (C=O) groups is 1. The van der Waals surface area contributed by atoms with Crippen molar-refractivity contribution in [2.75, 3.05) is 0 Å². The number of hydrogen-bond donors (Lipinski definition) is 1. The summed E-state index contributed by atoms with van der Waals surface area (Å²) in [6.07, 6.45) is -2.27. The molecule has 0 radical (unpaired) electrons. The zero-order valence-electron chi connectivity index (χ0n) is 7.58. The number of alkyl halides is 3. The lowest BCUT2D eigenvalue weighted by Gasteiger charge is -2.04. The van der Waals surface area contributed by atoms with Crippen molar-refractivity contribution in [1.29, 1.82) is 0 Å². The van der Waals surface area contributed by atoms with Crippen LogP contribution in [-0.4, -0.2) is 21.6 Å². The molecule has 0 bridgehead atoms. The van der Waals surface area contributed by atoms with Crippen LogP contribution in [0.1, 0.15) is 16.1 Å². The predicted molar refractivity (Wildman–Crippen MR) is 44.5 cm³/mol. The smallest absolute Gasteiger partial charge is 0.355 e. The molecule has 0 spiro atoms. The van der Waals surface area contributed by atoms with Crippen molar-refractivity contribution in [3.05, 3.63) is 23.7 Å². The molecule has 8 heteroatoms. The SMILES string of the molecule is O=Cc1cnoc1-c1cn[nH]c1C(F)(F)F. The molecule has 0 fully saturated rings. The van der Waals surface area contributed by atoms with Crippen LogP contribution in [0.2, 0.25) is 0 Å². The van der Waals surface area contributed by atoms with Gasteiger partial charge in [-0.3, -0.25) is 9.89 Å². The fourth-order valence-electron chi connectivity index (χ4n) is 1.21. The lowest BCUT2D eigenvalue weighted by Crippen LogP contribution is -2.07. The van der Waals surface area contributed by atoms with Crippen LogP contribution in [0.4, 0.5) is 13.2 Å². The summed E-state index contributed by atoms with van der Waals surface area (Å²) in [7, 11) is 0. The van der Waals surface area contributed by atoms with E-state index in [1.807, 2.05) is 0 Å². The second-order valence-corrected chi connectivity index (χ2v) is 2.88. The van der Waals surface area contributed by atoms with Crippen molar-refractivity contribution in [3.8, 4) is 11.3 Å². The fourth-order valence-corrected chi connectivity index (χ4v) is 1.21. The van der Waals surface area contributed by atoms with Crippen molar-refractivity contribution in [2.24, 2.45) is 0 Å². The Morgan fingerprint density at radius 1 is 1.38 bits per heavy atom. The van der Waals surface area contributed by atoms with Gasteiger partial charge in [-0.1, -0.05) is 5.16 Å². The maximum atomic E-state index is 12.5. The molecule has 0 amide bonds. The molecule has 2 aromatic rings. The van der Waals surface area contributed by atoms with Gasteiger partial charge in [0.25, 0.3) is 0 Å². The molecule has 0 saturated heterocycles. The van der Waals surface area contributed by atoms with E-state index >= 15 is 0 Å². The molecule has 2 rings (SSSR count). The predicted octanol–water partition coefficient (Wildman–Crippen LogP) is 1.90. The van der Waals surface area contributed by atoms with Crippen molar-refractivity contribution < 1.29 is 22.5 Å². The van der Waals surface area contributed by atoms with E-state index in [2.05, 4.69) is 14.8 Å². The number of H-pyrrole nitrogens is 1. The Balaban J connectivity index is 2.57. The minimum atomic E-state index is -4.60. The van der Waals surface area contributed by atoms with Gasteiger partial charge in [-0.25, -0.2) is 0 Å². The Morgan fingerprint density at radius 2 is 2.12 bits per heavy atom. The van der Waals surface area contributed by atoms with Gasteiger partial charge in [0.15, 0.2) is 17.7 Å². The molecule has 2 aromatic heterocycles. The zero-order valence-corrected chi connectivity index (χ0v) is 7.58. The first-order chi connectivity index (χ1) is 7.54. The third kappa shape index (κ3) is 1.58. The van der Waals surface area contributed by atoms with Crippen molar-refractivity contribution in [2.45, 2.75) is 6.18 Å². The molecule has 0 aliphatic carbocycles. The first-order valence-corrected chi connectivity index (χ1v) is 4.05. The number of halogens is 3. The summed E-state index contributed by atoms with van der Waals surface area (Å²) in [6, 6.07) is 0. The van der Waals surface area contributed by atoms with E-state index in [-0.39, 0.29) is 16.9 Å². The molecule has 0 atom stereocenters. The summed E-state index contributed by atoms with van der Waals surface area (Å²) in [6.45, 7) is 0. The van der Waals surface area contributed by atoms with Gasteiger partial charge in [-0.2, -0.15) is 18.3 Å². The number of aldehydes is 1. The van der Waals surface area contributed by atoms with E-state index in [1.54, 1.807) is 5.10 Å². The van der Waals surface area contributed by atoms with E-state index in [1.165, 1.54) is 0 Å². The average molecular weight is 231 g/mol. The summed E-state index contributed by atoms with van der Waals surface area (Å²) < 4.78 is 42.1. The Bertz CT molecular complexity index is 515. The fraction of sp³-hybridized carbons (Fsp3) is 0.125. The van der Waals surface area contributed by atoms with Crippen LogP contribution in [0.5, 0.6) is 0 Å². The largest absolute Gasteiger partial charge is 0.433 e. The molecular formula is C8H4F3N3O2. The van der Waals surface area contributed by atoms with Crippen LogP contribution in [0.25, 0.3) is 11.3 Å². The highest BCUT2D eigenvalue weighted by Gasteiger charge is 2.37. The molecule has 84 valence electrons. The molecule has 0 aromatic carbocycles. The molecule has 0 aliphatic heterocycles. The zero-order chi connectivity index (χ0) is 11.8. The lowest BCUT2D eigenvalue weighted by atomic mass is 10.1. The van der Waals surface area contributed by atoms with Gasteiger partial charge in [-0.05, 0) is 0 Å². The van der Waals surface area contributed by atoms with E-state index in [0.29, 0.717) is 6.29 Å². The van der Waals surface area contributed by atoms with Crippen molar-refractivity contribution >= 4 is 6.29 Å². The Morgan fingerprint density at radius 3 is 2.75 bits per heavy atom. The molecule has 0 unspecified atom stereocenters. The third-order valence-corrected chi connectivity index (χ3v) is 1.89.